The van der Waals surface area contributed by atoms with E-state index >= 15 is 0 Å². The van der Waals surface area contributed by atoms with Crippen LogP contribution in [0.25, 0.3) is 5.65 Å². The highest BCUT2D eigenvalue weighted by molar-refractivity contribution is 5.93. The molecule has 1 N–H and O–H groups in total. The molecular formula is C16H13N3O2. The summed E-state index contributed by atoms with van der Waals surface area (Å²) in [5.74, 6) is -0.426. The normalized spacial score (nSPS) is 13.6. The molecular weight excluding hydrogens is 266 g/mol. The van der Waals surface area contributed by atoms with Gasteiger partial charge in [0, 0.05) is 19.3 Å². The lowest BCUT2D eigenvalue weighted by Crippen LogP contribution is -2.18. The number of fused-ring (bicyclic) bond motifs is 2. The van der Waals surface area contributed by atoms with Gasteiger partial charge in [-0.3, -0.25) is 4.40 Å². The van der Waals surface area contributed by atoms with E-state index in [-0.39, 0.29) is 5.69 Å². The molecule has 0 saturated heterocycles. The molecule has 1 aliphatic heterocycles. The van der Waals surface area contributed by atoms with Crippen LogP contribution in [0.4, 0.5) is 5.82 Å². The number of pyridine rings is 1. The van der Waals surface area contributed by atoms with Gasteiger partial charge in [-0.05, 0) is 23.3 Å². The van der Waals surface area contributed by atoms with Crippen LogP contribution in [-0.4, -0.2) is 20.5 Å². The summed E-state index contributed by atoms with van der Waals surface area (Å²) in [6.07, 6.45) is 1.73. The number of rotatable bonds is 2. The van der Waals surface area contributed by atoms with Gasteiger partial charge in [0.2, 0.25) is 0 Å². The summed E-state index contributed by atoms with van der Waals surface area (Å²) in [7, 11) is 0. The second kappa shape index (κ2) is 4.34. The topological polar surface area (TPSA) is 57.8 Å². The Morgan fingerprint density at radius 3 is 2.38 bits per heavy atom. The molecule has 0 atom stereocenters. The van der Waals surface area contributed by atoms with E-state index in [9.17, 15) is 9.90 Å². The molecule has 0 radical (unpaired) electrons. The smallest absolute Gasteiger partial charge is 0.356 e. The molecule has 0 bridgehead atoms. The lowest BCUT2D eigenvalue weighted by Gasteiger charge is -2.15. The molecule has 3 heterocycles. The first-order valence-corrected chi connectivity index (χ1v) is 6.76. The molecule has 5 nitrogen and oxygen atoms in total. The molecule has 0 fully saturated rings. The number of hydrogen-bond acceptors (Lipinski definition) is 3. The van der Waals surface area contributed by atoms with Gasteiger partial charge >= 0.3 is 5.97 Å². The maximum atomic E-state index is 11.6. The van der Waals surface area contributed by atoms with Crippen molar-refractivity contribution in [2.45, 2.75) is 13.1 Å². The lowest BCUT2D eigenvalue weighted by molar-refractivity contribution is 0.0690. The predicted molar refractivity (Wildman–Crippen MR) is 78.5 cm³/mol. The quantitative estimate of drug-likeness (QED) is 0.783. The Balaban J connectivity index is 1.85. The molecule has 1 aromatic carbocycles. The fourth-order valence-electron chi connectivity index (χ4n) is 2.89. The van der Waals surface area contributed by atoms with Crippen molar-refractivity contribution in [3.05, 3.63) is 65.5 Å². The van der Waals surface area contributed by atoms with Crippen LogP contribution in [0.1, 0.15) is 21.6 Å². The number of imidazole rings is 1. The Morgan fingerprint density at radius 1 is 1.05 bits per heavy atom. The van der Waals surface area contributed by atoms with Crippen LogP contribution in [-0.2, 0) is 13.1 Å². The number of anilines is 1. The van der Waals surface area contributed by atoms with Crippen molar-refractivity contribution in [2.75, 3.05) is 4.90 Å². The summed E-state index contributed by atoms with van der Waals surface area (Å²) in [6.45, 7) is 1.39. The van der Waals surface area contributed by atoms with Crippen molar-refractivity contribution in [1.82, 2.24) is 9.38 Å². The number of hydrogen-bond donors (Lipinski definition) is 1. The minimum Gasteiger partial charge on any atom is -0.476 e. The number of aromatic nitrogens is 2. The molecule has 21 heavy (non-hydrogen) atoms. The summed E-state index contributed by atoms with van der Waals surface area (Å²) in [6, 6.07) is 13.6. The molecule has 5 heteroatoms. The summed E-state index contributed by atoms with van der Waals surface area (Å²) in [5.41, 5.74) is 3.33. The average Bonchev–Trinajstić information content (AvgIpc) is 3.08. The fourth-order valence-corrected chi connectivity index (χ4v) is 2.89. The highest BCUT2D eigenvalue weighted by Crippen LogP contribution is 2.30. The number of nitrogens with zero attached hydrogens (tertiary/aromatic N) is 3. The standard InChI is InChI=1S/C16H13N3O2/c20-16(21)14-15(17-13-7-3-4-8-19(13)14)18-9-11-5-1-2-6-12(11)10-18/h1-8H,9-10H2,(H,20,21). The van der Waals surface area contributed by atoms with Crippen molar-refractivity contribution in [3.63, 3.8) is 0 Å². The van der Waals surface area contributed by atoms with Crippen molar-refractivity contribution < 1.29 is 9.90 Å². The molecule has 2 aromatic heterocycles. The molecule has 104 valence electrons. The fraction of sp³-hybridized carbons (Fsp3) is 0.125. The van der Waals surface area contributed by atoms with Gasteiger partial charge in [0.15, 0.2) is 11.5 Å². The van der Waals surface area contributed by atoms with Crippen LogP contribution in [0.3, 0.4) is 0 Å². The Hall–Kier alpha value is -2.82. The number of carbonyl (C=O) groups is 1. The molecule has 0 amide bonds. The maximum Gasteiger partial charge on any atom is 0.356 e. The summed E-state index contributed by atoms with van der Waals surface area (Å²) >= 11 is 0. The molecule has 0 spiro atoms. The van der Waals surface area contributed by atoms with Crippen molar-refractivity contribution in [3.8, 4) is 0 Å². The number of carboxylic acids is 1. The van der Waals surface area contributed by atoms with Crippen molar-refractivity contribution >= 4 is 17.4 Å². The Kier molecular flexibility index (Phi) is 2.47. The first kappa shape index (κ1) is 12.0. The van der Waals surface area contributed by atoms with E-state index in [0.29, 0.717) is 24.6 Å². The molecule has 3 aromatic rings. The van der Waals surface area contributed by atoms with Gasteiger partial charge in [-0.25, -0.2) is 9.78 Å². The minimum absolute atomic E-state index is 0.221. The van der Waals surface area contributed by atoms with Crippen LogP contribution in [0.5, 0.6) is 0 Å². The number of aromatic carboxylic acids is 1. The molecule has 1 aliphatic rings. The second-order valence-electron chi connectivity index (χ2n) is 5.14. The second-order valence-corrected chi connectivity index (χ2v) is 5.14. The predicted octanol–water partition coefficient (Wildman–Crippen LogP) is 2.55. The highest BCUT2D eigenvalue weighted by Gasteiger charge is 2.27. The largest absolute Gasteiger partial charge is 0.476 e. The third-order valence-corrected chi connectivity index (χ3v) is 3.85. The first-order valence-electron chi connectivity index (χ1n) is 6.76. The lowest BCUT2D eigenvalue weighted by atomic mass is 10.1. The molecule has 0 saturated carbocycles. The zero-order valence-electron chi connectivity index (χ0n) is 11.2. The van der Waals surface area contributed by atoms with Gasteiger partial charge in [-0.1, -0.05) is 30.3 Å². The van der Waals surface area contributed by atoms with Gasteiger partial charge in [0.25, 0.3) is 0 Å². The average molecular weight is 279 g/mol. The summed E-state index contributed by atoms with van der Waals surface area (Å²) in [4.78, 5) is 18.2. The Bertz CT molecular complexity index is 829. The van der Waals surface area contributed by atoms with Crippen LogP contribution in [0.2, 0.25) is 0 Å². The number of benzene rings is 1. The van der Waals surface area contributed by atoms with Crippen LogP contribution >= 0.6 is 0 Å². The zero-order chi connectivity index (χ0) is 14.4. The van der Waals surface area contributed by atoms with Gasteiger partial charge < -0.3 is 10.0 Å². The maximum absolute atomic E-state index is 11.6. The van der Waals surface area contributed by atoms with E-state index in [4.69, 9.17) is 0 Å². The third-order valence-electron chi connectivity index (χ3n) is 3.85. The van der Waals surface area contributed by atoms with E-state index in [0.717, 1.165) is 0 Å². The van der Waals surface area contributed by atoms with E-state index in [1.807, 2.05) is 35.2 Å². The monoisotopic (exact) mass is 279 g/mol. The summed E-state index contributed by atoms with van der Waals surface area (Å²) < 4.78 is 1.63. The van der Waals surface area contributed by atoms with Gasteiger partial charge in [-0.15, -0.1) is 0 Å². The molecule has 4 rings (SSSR count). The number of carboxylic acid groups (broad SMARTS) is 1. The third kappa shape index (κ3) is 1.78. The van der Waals surface area contributed by atoms with Crippen LogP contribution in [0, 0.1) is 0 Å². The zero-order valence-corrected chi connectivity index (χ0v) is 11.2. The van der Waals surface area contributed by atoms with Crippen molar-refractivity contribution in [2.24, 2.45) is 0 Å². The Labute approximate surface area is 121 Å². The van der Waals surface area contributed by atoms with E-state index in [1.54, 1.807) is 10.6 Å². The van der Waals surface area contributed by atoms with E-state index in [1.165, 1.54) is 11.1 Å². The molecule has 0 aliphatic carbocycles. The SMILES string of the molecule is O=C(O)c1c(N2Cc3ccccc3C2)nc2ccccn12. The van der Waals surface area contributed by atoms with Crippen molar-refractivity contribution in [1.29, 1.82) is 0 Å². The van der Waals surface area contributed by atoms with Gasteiger partial charge in [0.1, 0.15) is 5.65 Å². The van der Waals surface area contributed by atoms with Gasteiger partial charge in [0.05, 0.1) is 0 Å². The van der Waals surface area contributed by atoms with Gasteiger partial charge in [-0.2, -0.15) is 0 Å². The highest BCUT2D eigenvalue weighted by atomic mass is 16.4. The summed E-state index contributed by atoms with van der Waals surface area (Å²) in [5, 5.41) is 9.54. The minimum atomic E-state index is -0.959. The first-order chi connectivity index (χ1) is 10.2. The molecule has 0 unspecified atom stereocenters. The van der Waals surface area contributed by atoms with Crippen LogP contribution < -0.4 is 4.90 Å². The Morgan fingerprint density at radius 2 is 1.71 bits per heavy atom. The van der Waals surface area contributed by atoms with E-state index < -0.39 is 5.97 Å². The van der Waals surface area contributed by atoms with Crippen LogP contribution in [0.15, 0.2) is 48.7 Å². The van der Waals surface area contributed by atoms with E-state index in [2.05, 4.69) is 17.1 Å².